The summed E-state index contributed by atoms with van der Waals surface area (Å²) in [6, 6.07) is 8.24. The molecule has 1 aliphatic carbocycles. The molecule has 1 fully saturated rings. The zero-order valence-corrected chi connectivity index (χ0v) is 10.2. The van der Waals surface area contributed by atoms with Gasteiger partial charge in [-0.05, 0) is 36.5 Å². The average Bonchev–Trinajstić information content (AvgIpc) is 2.81. The molecular formula is C14H21NO. The zero-order chi connectivity index (χ0) is 11.5. The standard InChI is InChI=1S/C14H21NO/c1-15(2)13-9-5-8-12(10-13)14(16)11-6-3-4-7-11/h5,8-11,14,16H,3-4,6-7H2,1-2H3. The Hall–Kier alpha value is -1.02. The minimum absolute atomic E-state index is 0.276. The molecule has 0 radical (unpaired) electrons. The van der Waals surface area contributed by atoms with Crippen LogP contribution in [0.5, 0.6) is 0 Å². The number of nitrogens with zero attached hydrogens (tertiary/aromatic N) is 1. The van der Waals surface area contributed by atoms with E-state index in [2.05, 4.69) is 17.0 Å². The molecule has 0 saturated heterocycles. The van der Waals surface area contributed by atoms with Gasteiger partial charge in [0.15, 0.2) is 0 Å². The third kappa shape index (κ3) is 2.38. The van der Waals surface area contributed by atoms with Crippen LogP contribution in [0, 0.1) is 5.92 Å². The van der Waals surface area contributed by atoms with Gasteiger partial charge in [-0.25, -0.2) is 0 Å². The predicted molar refractivity (Wildman–Crippen MR) is 67.7 cm³/mol. The molecule has 88 valence electrons. The van der Waals surface area contributed by atoms with Crippen molar-refractivity contribution < 1.29 is 5.11 Å². The third-order valence-electron chi connectivity index (χ3n) is 3.57. The van der Waals surface area contributed by atoms with Crippen molar-refractivity contribution in [1.82, 2.24) is 0 Å². The minimum Gasteiger partial charge on any atom is -0.388 e. The van der Waals surface area contributed by atoms with Crippen LogP contribution in [-0.4, -0.2) is 19.2 Å². The minimum atomic E-state index is -0.276. The number of rotatable bonds is 3. The van der Waals surface area contributed by atoms with Crippen molar-refractivity contribution in [3.63, 3.8) is 0 Å². The van der Waals surface area contributed by atoms with Gasteiger partial charge in [0.25, 0.3) is 0 Å². The molecule has 2 nitrogen and oxygen atoms in total. The summed E-state index contributed by atoms with van der Waals surface area (Å²) in [7, 11) is 4.06. The van der Waals surface area contributed by atoms with Gasteiger partial charge in [0.05, 0.1) is 6.10 Å². The highest BCUT2D eigenvalue weighted by molar-refractivity contribution is 5.47. The second-order valence-electron chi connectivity index (χ2n) is 4.98. The summed E-state index contributed by atoms with van der Waals surface area (Å²) in [5.74, 6) is 0.470. The van der Waals surface area contributed by atoms with Gasteiger partial charge in [0.2, 0.25) is 0 Å². The monoisotopic (exact) mass is 219 g/mol. The van der Waals surface area contributed by atoms with E-state index in [4.69, 9.17) is 0 Å². The Labute approximate surface area is 97.9 Å². The topological polar surface area (TPSA) is 23.5 Å². The van der Waals surface area contributed by atoms with Crippen LogP contribution in [0.4, 0.5) is 5.69 Å². The van der Waals surface area contributed by atoms with Crippen LogP contribution in [0.15, 0.2) is 24.3 Å². The van der Waals surface area contributed by atoms with Gasteiger partial charge in [-0.15, -0.1) is 0 Å². The maximum absolute atomic E-state index is 10.3. The summed E-state index contributed by atoms with van der Waals surface area (Å²) >= 11 is 0. The fourth-order valence-corrected chi connectivity index (χ4v) is 2.53. The summed E-state index contributed by atoms with van der Waals surface area (Å²) in [5, 5.41) is 10.3. The lowest BCUT2D eigenvalue weighted by molar-refractivity contribution is 0.111. The van der Waals surface area contributed by atoms with Gasteiger partial charge in [-0.3, -0.25) is 0 Å². The summed E-state index contributed by atoms with van der Waals surface area (Å²) in [5.41, 5.74) is 2.23. The fraction of sp³-hybridized carbons (Fsp3) is 0.571. The van der Waals surface area contributed by atoms with Crippen LogP contribution < -0.4 is 4.90 Å². The van der Waals surface area contributed by atoms with E-state index in [1.54, 1.807) is 0 Å². The fourth-order valence-electron chi connectivity index (χ4n) is 2.53. The Kier molecular flexibility index (Phi) is 3.49. The highest BCUT2D eigenvalue weighted by Gasteiger charge is 2.24. The van der Waals surface area contributed by atoms with Gasteiger partial charge in [-0.1, -0.05) is 25.0 Å². The summed E-state index contributed by atoms with van der Waals surface area (Å²) in [6.07, 6.45) is 4.62. The Bertz CT molecular complexity index is 342. The molecule has 0 heterocycles. The second kappa shape index (κ2) is 4.88. The van der Waals surface area contributed by atoms with E-state index in [0.717, 1.165) is 11.3 Å². The zero-order valence-electron chi connectivity index (χ0n) is 10.2. The molecular weight excluding hydrogens is 198 g/mol. The molecule has 1 unspecified atom stereocenters. The molecule has 1 aliphatic rings. The highest BCUT2D eigenvalue weighted by Crippen LogP contribution is 2.36. The molecule has 0 spiro atoms. The largest absolute Gasteiger partial charge is 0.388 e. The molecule has 0 amide bonds. The van der Waals surface area contributed by atoms with Crippen LogP contribution in [0.2, 0.25) is 0 Å². The Morgan fingerprint density at radius 1 is 1.25 bits per heavy atom. The van der Waals surface area contributed by atoms with Gasteiger partial charge in [0, 0.05) is 19.8 Å². The molecule has 1 N–H and O–H groups in total. The first-order valence-electron chi connectivity index (χ1n) is 6.14. The van der Waals surface area contributed by atoms with E-state index >= 15 is 0 Å². The molecule has 1 atom stereocenters. The molecule has 1 aromatic carbocycles. The van der Waals surface area contributed by atoms with Crippen molar-refractivity contribution in [3.05, 3.63) is 29.8 Å². The van der Waals surface area contributed by atoms with Crippen molar-refractivity contribution in [2.24, 2.45) is 5.92 Å². The van der Waals surface area contributed by atoms with Gasteiger partial charge in [-0.2, -0.15) is 0 Å². The van der Waals surface area contributed by atoms with Crippen molar-refractivity contribution in [2.75, 3.05) is 19.0 Å². The number of aliphatic hydroxyl groups is 1. The number of anilines is 1. The number of benzene rings is 1. The van der Waals surface area contributed by atoms with Crippen molar-refractivity contribution in [2.45, 2.75) is 31.8 Å². The summed E-state index contributed by atoms with van der Waals surface area (Å²) in [4.78, 5) is 2.07. The number of aliphatic hydroxyl groups excluding tert-OH is 1. The number of hydrogen-bond acceptors (Lipinski definition) is 2. The normalized spacial score (nSPS) is 18.7. The molecule has 2 heteroatoms. The molecule has 0 aliphatic heterocycles. The second-order valence-corrected chi connectivity index (χ2v) is 4.98. The molecule has 1 aromatic rings. The molecule has 1 saturated carbocycles. The first-order valence-corrected chi connectivity index (χ1v) is 6.14. The number of hydrogen-bond donors (Lipinski definition) is 1. The molecule has 0 bridgehead atoms. The average molecular weight is 219 g/mol. The van der Waals surface area contributed by atoms with Crippen molar-refractivity contribution in [1.29, 1.82) is 0 Å². The van der Waals surface area contributed by atoms with E-state index in [1.807, 2.05) is 26.2 Å². The Balaban J connectivity index is 2.15. The van der Waals surface area contributed by atoms with E-state index in [9.17, 15) is 5.11 Å². The maximum Gasteiger partial charge on any atom is 0.0818 e. The third-order valence-corrected chi connectivity index (χ3v) is 3.57. The van der Waals surface area contributed by atoms with E-state index in [1.165, 1.54) is 25.7 Å². The molecule has 0 aromatic heterocycles. The van der Waals surface area contributed by atoms with Gasteiger partial charge >= 0.3 is 0 Å². The lowest BCUT2D eigenvalue weighted by atomic mass is 9.94. The molecule has 16 heavy (non-hydrogen) atoms. The van der Waals surface area contributed by atoms with Crippen LogP contribution >= 0.6 is 0 Å². The SMILES string of the molecule is CN(C)c1cccc(C(O)C2CCCC2)c1. The smallest absolute Gasteiger partial charge is 0.0818 e. The Morgan fingerprint density at radius 3 is 2.56 bits per heavy atom. The van der Waals surface area contributed by atoms with E-state index < -0.39 is 0 Å². The lowest BCUT2D eigenvalue weighted by Crippen LogP contribution is -2.12. The Morgan fingerprint density at radius 2 is 1.94 bits per heavy atom. The summed E-state index contributed by atoms with van der Waals surface area (Å²) in [6.45, 7) is 0. The maximum atomic E-state index is 10.3. The summed E-state index contributed by atoms with van der Waals surface area (Å²) < 4.78 is 0. The van der Waals surface area contributed by atoms with Gasteiger partial charge < -0.3 is 10.0 Å². The van der Waals surface area contributed by atoms with Crippen LogP contribution in [0.1, 0.15) is 37.4 Å². The predicted octanol–water partition coefficient (Wildman–Crippen LogP) is 2.98. The highest BCUT2D eigenvalue weighted by atomic mass is 16.3. The lowest BCUT2D eigenvalue weighted by Gasteiger charge is -2.20. The van der Waals surface area contributed by atoms with Gasteiger partial charge in [0.1, 0.15) is 0 Å². The first kappa shape index (κ1) is 11.5. The van der Waals surface area contributed by atoms with Crippen LogP contribution in [0.25, 0.3) is 0 Å². The molecule has 2 rings (SSSR count). The first-order chi connectivity index (χ1) is 7.68. The quantitative estimate of drug-likeness (QED) is 0.844. The van der Waals surface area contributed by atoms with Crippen LogP contribution in [-0.2, 0) is 0 Å². The van der Waals surface area contributed by atoms with Crippen molar-refractivity contribution in [3.8, 4) is 0 Å². The van der Waals surface area contributed by atoms with Crippen molar-refractivity contribution >= 4 is 5.69 Å². The van der Waals surface area contributed by atoms with E-state index in [-0.39, 0.29) is 6.10 Å². The van der Waals surface area contributed by atoms with Crippen LogP contribution in [0.3, 0.4) is 0 Å². The van der Waals surface area contributed by atoms with E-state index in [0.29, 0.717) is 5.92 Å².